The van der Waals surface area contributed by atoms with Gasteiger partial charge in [-0.05, 0) is 24.3 Å². The SMILES string of the molecule is FC(F)C(F)(F)COc1ccc(N2CCNCC2)cc1. The standard InChI is InChI=1S/C13H16F4N2O/c14-12(15)13(16,17)9-20-11-3-1-10(2-4-11)19-7-5-18-6-8-19/h1-4,12,18H,5-9H2. The lowest BCUT2D eigenvalue weighted by molar-refractivity contribution is -0.148. The fourth-order valence-corrected chi connectivity index (χ4v) is 1.92. The van der Waals surface area contributed by atoms with Gasteiger partial charge in [0.15, 0.2) is 6.61 Å². The Bertz CT molecular complexity index is 419. The van der Waals surface area contributed by atoms with Crippen LogP contribution in [0.15, 0.2) is 24.3 Å². The second kappa shape index (κ2) is 6.30. The summed E-state index contributed by atoms with van der Waals surface area (Å²) in [6.45, 7) is 2.18. The van der Waals surface area contributed by atoms with Crippen molar-refractivity contribution in [1.82, 2.24) is 5.32 Å². The number of benzene rings is 1. The Kier molecular flexibility index (Phi) is 4.69. The first-order valence-electron chi connectivity index (χ1n) is 6.33. The number of rotatable bonds is 5. The number of alkyl halides is 4. The van der Waals surface area contributed by atoms with Crippen molar-refractivity contribution in [3.8, 4) is 5.75 Å². The zero-order valence-electron chi connectivity index (χ0n) is 10.8. The van der Waals surface area contributed by atoms with Crippen LogP contribution in [0.25, 0.3) is 0 Å². The molecule has 3 nitrogen and oxygen atoms in total. The van der Waals surface area contributed by atoms with Gasteiger partial charge >= 0.3 is 12.3 Å². The number of piperazine rings is 1. The summed E-state index contributed by atoms with van der Waals surface area (Å²) < 4.78 is 54.1. The van der Waals surface area contributed by atoms with Crippen molar-refractivity contribution in [1.29, 1.82) is 0 Å². The van der Waals surface area contributed by atoms with Crippen LogP contribution in [0.5, 0.6) is 5.75 Å². The lowest BCUT2D eigenvalue weighted by atomic mass is 10.2. The van der Waals surface area contributed by atoms with E-state index in [4.69, 9.17) is 4.74 Å². The highest BCUT2D eigenvalue weighted by atomic mass is 19.3. The normalized spacial score (nSPS) is 16.6. The van der Waals surface area contributed by atoms with E-state index >= 15 is 0 Å². The molecule has 112 valence electrons. The zero-order chi connectivity index (χ0) is 14.6. The van der Waals surface area contributed by atoms with E-state index < -0.39 is 19.0 Å². The van der Waals surface area contributed by atoms with Crippen LogP contribution >= 0.6 is 0 Å². The molecule has 0 spiro atoms. The number of nitrogens with one attached hydrogen (secondary N) is 1. The summed E-state index contributed by atoms with van der Waals surface area (Å²) >= 11 is 0. The van der Waals surface area contributed by atoms with Gasteiger partial charge in [0, 0.05) is 31.9 Å². The summed E-state index contributed by atoms with van der Waals surface area (Å²) in [7, 11) is 0. The van der Waals surface area contributed by atoms with Gasteiger partial charge in [-0.3, -0.25) is 0 Å². The summed E-state index contributed by atoms with van der Waals surface area (Å²) in [5.41, 5.74) is 0.958. The average Bonchev–Trinajstić information content (AvgIpc) is 2.46. The first kappa shape index (κ1) is 14.9. The molecule has 1 aliphatic rings. The van der Waals surface area contributed by atoms with E-state index in [1.54, 1.807) is 12.1 Å². The molecule has 0 unspecified atom stereocenters. The van der Waals surface area contributed by atoms with Gasteiger partial charge in [0.25, 0.3) is 0 Å². The van der Waals surface area contributed by atoms with Crippen LogP contribution in [0.4, 0.5) is 23.2 Å². The Balaban J connectivity index is 1.91. The first-order chi connectivity index (χ1) is 9.49. The molecule has 0 atom stereocenters. The Labute approximate surface area is 114 Å². The van der Waals surface area contributed by atoms with E-state index in [0.717, 1.165) is 31.9 Å². The molecule has 0 aliphatic carbocycles. The van der Waals surface area contributed by atoms with Crippen LogP contribution in [-0.4, -0.2) is 45.1 Å². The molecule has 2 rings (SSSR count). The maximum absolute atomic E-state index is 12.7. The summed E-state index contributed by atoms with van der Waals surface area (Å²) in [4.78, 5) is 2.15. The second-order valence-corrected chi connectivity index (χ2v) is 4.58. The van der Waals surface area contributed by atoms with Gasteiger partial charge in [0.1, 0.15) is 5.75 Å². The fourth-order valence-electron chi connectivity index (χ4n) is 1.92. The Morgan fingerprint density at radius 3 is 2.30 bits per heavy atom. The van der Waals surface area contributed by atoms with Crippen molar-refractivity contribution in [3.63, 3.8) is 0 Å². The molecule has 20 heavy (non-hydrogen) atoms. The van der Waals surface area contributed by atoms with Crippen molar-refractivity contribution >= 4 is 5.69 Å². The monoisotopic (exact) mass is 292 g/mol. The van der Waals surface area contributed by atoms with Gasteiger partial charge < -0.3 is 15.0 Å². The Morgan fingerprint density at radius 1 is 1.15 bits per heavy atom. The molecule has 0 aromatic heterocycles. The molecule has 1 fully saturated rings. The van der Waals surface area contributed by atoms with E-state index in [9.17, 15) is 17.6 Å². The maximum Gasteiger partial charge on any atom is 0.340 e. The number of halogens is 4. The van der Waals surface area contributed by atoms with E-state index in [1.165, 1.54) is 12.1 Å². The molecule has 0 amide bonds. The van der Waals surface area contributed by atoms with Crippen molar-refractivity contribution in [2.75, 3.05) is 37.7 Å². The predicted molar refractivity (Wildman–Crippen MR) is 68.0 cm³/mol. The summed E-state index contributed by atoms with van der Waals surface area (Å²) in [5.74, 6) is -3.97. The Morgan fingerprint density at radius 2 is 1.75 bits per heavy atom. The molecule has 0 saturated carbocycles. The smallest absolute Gasteiger partial charge is 0.340 e. The average molecular weight is 292 g/mol. The van der Waals surface area contributed by atoms with E-state index in [0.29, 0.717) is 0 Å². The third kappa shape index (κ3) is 3.75. The van der Waals surface area contributed by atoms with Gasteiger partial charge in [-0.1, -0.05) is 0 Å². The Hall–Kier alpha value is -1.50. The number of hydrogen-bond acceptors (Lipinski definition) is 3. The summed E-state index contributed by atoms with van der Waals surface area (Å²) in [6, 6.07) is 6.50. The van der Waals surface area contributed by atoms with Gasteiger partial charge in [-0.2, -0.15) is 8.78 Å². The maximum atomic E-state index is 12.7. The highest BCUT2D eigenvalue weighted by Crippen LogP contribution is 2.25. The van der Waals surface area contributed by atoms with Crippen molar-refractivity contribution in [3.05, 3.63) is 24.3 Å². The number of anilines is 1. The molecule has 1 aliphatic heterocycles. The van der Waals surface area contributed by atoms with Crippen LogP contribution in [0, 0.1) is 0 Å². The van der Waals surface area contributed by atoms with E-state index in [2.05, 4.69) is 10.2 Å². The minimum Gasteiger partial charge on any atom is -0.487 e. The van der Waals surface area contributed by atoms with Crippen LogP contribution in [-0.2, 0) is 0 Å². The zero-order valence-corrected chi connectivity index (χ0v) is 10.8. The lowest BCUT2D eigenvalue weighted by Gasteiger charge is -2.29. The third-order valence-corrected chi connectivity index (χ3v) is 3.07. The van der Waals surface area contributed by atoms with Crippen molar-refractivity contribution in [2.24, 2.45) is 0 Å². The second-order valence-electron chi connectivity index (χ2n) is 4.58. The van der Waals surface area contributed by atoms with Gasteiger partial charge in [0.2, 0.25) is 0 Å². The van der Waals surface area contributed by atoms with E-state index in [-0.39, 0.29) is 5.75 Å². The minimum absolute atomic E-state index is 0.157. The molecular formula is C13H16F4N2O. The molecule has 0 bridgehead atoms. The number of hydrogen-bond donors (Lipinski definition) is 1. The molecule has 1 N–H and O–H groups in total. The highest BCUT2D eigenvalue weighted by Gasteiger charge is 2.41. The van der Waals surface area contributed by atoms with Gasteiger partial charge in [-0.15, -0.1) is 0 Å². The van der Waals surface area contributed by atoms with E-state index in [1.807, 2.05) is 0 Å². The molecule has 1 aromatic carbocycles. The minimum atomic E-state index is -4.13. The molecular weight excluding hydrogens is 276 g/mol. The number of nitrogens with zero attached hydrogens (tertiary/aromatic N) is 1. The molecule has 7 heteroatoms. The molecule has 1 saturated heterocycles. The topological polar surface area (TPSA) is 24.5 Å². The third-order valence-electron chi connectivity index (χ3n) is 3.07. The highest BCUT2D eigenvalue weighted by molar-refractivity contribution is 5.49. The quantitative estimate of drug-likeness (QED) is 0.843. The molecule has 1 aromatic rings. The summed E-state index contributed by atoms with van der Waals surface area (Å²) in [5, 5.41) is 3.22. The molecule has 1 heterocycles. The molecule has 0 radical (unpaired) electrons. The van der Waals surface area contributed by atoms with Gasteiger partial charge in [0.05, 0.1) is 0 Å². The van der Waals surface area contributed by atoms with Crippen molar-refractivity contribution < 1.29 is 22.3 Å². The van der Waals surface area contributed by atoms with Crippen LogP contribution in [0.2, 0.25) is 0 Å². The first-order valence-corrected chi connectivity index (χ1v) is 6.33. The van der Waals surface area contributed by atoms with Crippen LogP contribution < -0.4 is 15.0 Å². The largest absolute Gasteiger partial charge is 0.487 e. The predicted octanol–water partition coefficient (Wildman–Crippen LogP) is 2.38. The number of ether oxygens (including phenoxy) is 1. The summed E-state index contributed by atoms with van der Waals surface area (Å²) in [6.07, 6.45) is -3.72. The van der Waals surface area contributed by atoms with Crippen LogP contribution in [0.1, 0.15) is 0 Å². The van der Waals surface area contributed by atoms with Gasteiger partial charge in [-0.25, -0.2) is 8.78 Å². The van der Waals surface area contributed by atoms with Crippen molar-refractivity contribution in [2.45, 2.75) is 12.3 Å². The lowest BCUT2D eigenvalue weighted by Crippen LogP contribution is -2.43. The fraction of sp³-hybridized carbons (Fsp3) is 0.538. The van der Waals surface area contributed by atoms with Crippen LogP contribution in [0.3, 0.4) is 0 Å².